The average molecular weight is 335 g/mol. The van der Waals surface area contributed by atoms with Crippen LogP contribution in [0.25, 0.3) is 11.0 Å². The van der Waals surface area contributed by atoms with Crippen molar-refractivity contribution in [3.05, 3.63) is 75.6 Å². The molecule has 0 saturated carbocycles. The number of nitrogens with zero attached hydrogens (tertiary/aromatic N) is 1. The van der Waals surface area contributed by atoms with Gasteiger partial charge in [-0.1, -0.05) is 38.1 Å². The highest BCUT2D eigenvalue weighted by Crippen LogP contribution is 2.34. The maximum atomic E-state index is 11.9. The Morgan fingerprint density at radius 3 is 2.80 bits per heavy atom. The monoisotopic (exact) mass is 335 g/mol. The molecule has 1 aliphatic rings. The molecule has 3 aromatic rings. The van der Waals surface area contributed by atoms with Crippen molar-refractivity contribution in [2.24, 2.45) is 0 Å². The standard InChI is InChI=1S/C21H21NO3/c1-21(2)13-22(11-14-5-3-4-6-18(14)21)12-15-9-20(24)25-19-10-16(23)7-8-17(15)19/h3-10,23H,11-13H2,1-2H3. The summed E-state index contributed by atoms with van der Waals surface area (Å²) in [5, 5.41) is 10.5. The Labute approximate surface area is 146 Å². The molecule has 0 fully saturated rings. The van der Waals surface area contributed by atoms with Crippen LogP contribution in [0.1, 0.15) is 30.5 Å². The predicted octanol–water partition coefficient (Wildman–Crippen LogP) is 3.79. The van der Waals surface area contributed by atoms with E-state index >= 15 is 0 Å². The first-order chi connectivity index (χ1) is 11.9. The summed E-state index contributed by atoms with van der Waals surface area (Å²) in [5.41, 5.74) is 3.77. The molecular weight excluding hydrogens is 314 g/mol. The van der Waals surface area contributed by atoms with Gasteiger partial charge in [0.15, 0.2) is 0 Å². The fraction of sp³-hybridized carbons (Fsp3) is 0.286. The molecule has 25 heavy (non-hydrogen) atoms. The summed E-state index contributed by atoms with van der Waals surface area (Å²) in [6.45, 7) is 6.97. The van der Waals surface area contributed by atoms with Crippen LogP contribution < -0.4 is 5.63 Å². The van der Waals surface area contributed by atoms with E-state index in [4.69, 9.17) is 4.42 Å². The lowest BCUT2D eigenvalue weighted by atomic mass is 9.78. The maximum absolute atomic E-state index is 11.9. The van der Waals surface area contributed by atoms with Gasteiger partial charge in [-0.3, -0.25) is 4.90 Å². The van der Waals surface area contributed by atoms with Gasteiger partial charge >= 0.3 is 5.63 Å². The molecule has 0 amide bonds. The van der Waals surface area contributed by atoms with E-state index in [1.807, 2.05) is 6.07 Å². The lowest BCUT2D eigenvalue weighted by Crippen LogP contribution is -2.41. The average Bonchev–Trinajstić information content (AvgIpc) is 2.53. The predicted molar refractivity (Wildman–Crippen MR) is 97.7 cm³/mol. The lowest BCUT2D eigenvalue weighted by molar-refractivity contribution is 0.186. The number of hydrogen-bond acceptors (Lipinski definition) is 4. The zero-order chi connectivity index (χ0) is 17.6. The van der Waals surface area contributed by atoms with Crippen molar-refractivity contribution in [1.29, 1.82) is 0 Å². The van der Waals surface area contributed by atoms with Gasteiger partial charge in [0.2, 0.25) is 0 Å². The fourth-order valence-electron chi connectivity index (χ4n) is 3.96. The maximum Gasteiger partial charge on any atom is 0.336 e. The first-order valence-corrected chi connectivity index (χ1v) is 8.49. The third-order valence-electron chi connectivity index (χ3n) is 4.97. The van der Waals surface area contributed by atoms with E-state index in [1.54, 1.807) is 12.1 Å². The number of rotatable bonds is 2. The van der Waals surface area contributed by atoms with Crippen molar-refractivity contribution in [2.75, 3.05) is 6.54 Å². The second kappa shape index (κ2) is 5.74. The molecule has 0 aliphatic carbocycles. The molecule has 1 aliphatic heterocycles. The van der Waals surface area contributed by atoms with Gasteiger partial charge in [0, 0.05) is 42.6 Å². The number of phenols is 1. The highest BCUT2D eigenvalue weighted by molar-refractivity contribution is 5.81. The molecule has 0 bridgehead atoms. The number of benzene rings is 2. The minimum absolute atomic E-state index is 0.0579. The summed E-state index contributed by atoms with van der Waals surface area (Å²) in [4.78, 5) is 14.3. The smallest absolute Gasteiger partial charge is 0.336 e. The van der Waals surface area contributed by atoms with Gasteiger partial charge in [0.25, 0.3) is 0 Å². The quantitative estimate of drug-likeness (QED) is 0.724. The molecule has 1 aromatic heterocycles. The van der Waals surface area contributed by atoms with Crippen LogP contribution in [0.5, 0.6) is 5.75 Å². The van der Waals surface area contributed by atoms with E-state index in [0.29, 0.717) is 12.1 Å². The van der Waals surface area contributed by atoms with Crippen LogP contribution in [0.4, 0.5) is 0 Å². The molecule has 0 radical (unpaired) electrons. The molecule has 4 heteroatoms. The number of hydrogen-bond donors (Lipinski definition) is 1. The van der Waals surface area contributed by atoms with Crippen molar-refractivity contribution < 1.29 is 9.52 Å². The third-order valence-corrected chi connectivity index (χ3v) is 4.97. The van der Waals surface area contributed by atoms with Gasteiger partial charge in [-0.15, -0.1) is 0 Å². The Hall–Kier alpha value is -2.59. The molecule has 0 unspecified atom stereocenters. The topological polar surface area (TPSA) is 53.7 Å². The molecule has 128 valence electrons. The zero-order valence-electron chi connectivity index (χ0n) is 14.5. The van der Waals surface area contributed by atoms with Gasteiger partial charge in [-0.25, -0.2) is 4.79 Å². The summed E-state index contributed by atoms with van der Waals surface area (Å²) in [6, 6.07) is 15.1. The summed E-state index contributed by atoms with van der Waals surface area (Å²) in [5.74, 6) is 0.0980. The number of phenolic OH excluding ortho intramolecular Hbond substituents is 1. The van der Waals surface area contributed by atoms with Crippen molar-refractivity contribution in [2.45, 2.75) is 32.4 Å². The van der Waals surface area contributed by atoms with E-state index in [1.165, 1.54) is 17.2 Å². The molecule has 0 saturated heterocycles. The van der Waals surface area contributed by atoms with Crippen molar-refractivity contribution in [3.63, 3.8) is 0 Å². The molecular formula is C21H21NO3. The van der Waals surface area contributed by atoms with Crippen LogP contribution >= 0.6 is 0 Å². The number of aromatic hydroxyl groups is 1. The Bertz CT molecular complexity index is 1000. The second-order valence-electron chi connectivity index (χ2n) is 7.46. The van der Waals surface area contributed by atoms with Crippen LogP contribution in [0, 0.1) is 0 Å². The molecule has 2 aromatic carbocycles. The van der Waals surface area contributed by atoms with E-state index < -0.39 is 0 Å². The highest BCUT2D eigenvalue weighted by atomic mass is 16.4. The van der Waals surface area contributed by atoms with Crippen LogP contribution in [0.2, 0.25) is 0 Å². The number of fused-ring (bicyclic) bond motifs is 2. The van der Waals surface area contributed by atoms with E-state index in [-0.39, 0.29) is 16.8 Å². The van der Waals surface area contributed by atoms with E-state index in [9.17, 15) is 9.90 Å². The third kappa shape index (κ3) is 2.94. The van der Waals surface area contributed by atoms with Crippen molar-refractivity contribution in [1.82, 2.24) is 4.90 Å². The Balaban J connectivity index is 1.72. The Morgan fingerprint density at radius 1 is 1.16 bits per heavy atom. The Morgan fingerprint density at radius 2 is 1.96 bits per heavy atom. The van der Waals surface area contributed by atoms with Crippen molar-refractivity contribution >= 4 is 11.0 Å². The molecule has 4 nitrogen and oxygen atoms in total. The van der Waals surface area contributed by atoms with Crippen LogP contribution in [0.3, 0.4) is 0 Å². The van der Waals surface area contributed by atoms with Crippen molar-refractivity contribution in [3.8, 4) is 5.75 Å². The largest absolute Gasteiger partial charge is 0.508 e. The van der Waals surface area contributed by atoms with Crippen LogP contribution in [-0.4, -0.2) is 16.6 Å². The van der Waals surface area contributed by atoms with Gasteiger partial charge < -0.3 is 9.52 Å². The SMILES string of the molecule is CC1(C)CN(Cc2cc(=O)oc3cc(O)ccc23)Cc2ccccc21. The zero-order valence-corrected chi connectivity index (χ0v) is 14.5. The fourth-order valence-corrected chi connectivity index (χ4v) is 3.96. The van der Waals surface area contributed by atoms with E-state index in [0.717, 1.165) is 24.0 Å². The highest BCUT2D eigenvalue weighted by Gasteiger charge is 2.31. The summed E-state index contributed by atoms with van der Waals surface area (Å²) < 4.78 is 5.24. The van der Waals surface area contributed by atoms with Crippen LogP contribution in [0.15, 0.2) is 57.7 Å². The molecule has 2 heterocycles. The minimum Gasteiger partial charge on any atom is -0.508 e. The summed E-state index contributed by atoms with van der Waals surface area (Å²) in [6.07, 6.45) is 0. The minimum atomic E-state index is -0.384. The first-order valence-electron chi connectivity index (χ1n) is 8.49. The van der Waals surface area contributed by atoms with Gasteiger partial charge in [-0.05, 0) is 28.8 Å². The first kappa shape index (κ1) is 15.9. The van der Waals surface area contributed by atoms with Crippen LogP contribution in [-0.2, 0) is 18.5 Å². The lowest BCUT2D eigenvalue weighted by Gasteiger charge is -2.40. The molecule has 1 N–H and O–H groups in total. The summed E-state index contributed by atoms with van der Waals surface area (Å²) >= 11 is 0. The summed E-state index contributed by atoms with van der Waals surface area (Å²) in [7, 11) is 0. The Kier molecular flexibility index (Phi) is 3.65. The molecule has 4 rings (SSSR count). The molecule has 0 spiro atoms. The van der Waals surface area contributed by atoms with Gasteiger partial charge in [-0.2, -0.15) is 0 Å². The molecule has 0 atom stereocenters. The van der Waals surface area contributed by atoms with E-state index in [2.05, 4.69) is 43.0 Å². The normalized spacial score (nSPS) is 16.7. The van der Waals surface area contributed by atoms with Gasteiger partial charge in [0.05, 0.1) is 0 Å². The van der Waals surface area contributed by atoms with Gasteiger partial charge in [0.1, 0.15) is 11.3 Å². The second-order valence-corrected chi connectivity index (χ2v) is 7.46.